The molecule has 2 heterocycles. The molecule has 0 aliphatic carbocycles. The van der Waals surface area contributed by atoms with Crippen molar-refractivity contribution in [1.82, 2.24) is 16.0 Å². The molecule has 0 amide bonds. The van der Waals surface area contributed by atoms with Crippen LogP contribution in [-0.4, -0.2) is 13.2 Å². The molecule has 1 unspecified atom stereocenters. The number of rotatable bonds is 2. The molecule has 1 atom stereocenters. The second kappa shape index (κ2) is 3.17. The molecular weight excluding hydrogens is 162 g/mol. The fourth-order valence-electron chi connectivity index (χ4n) is 1.81. The summed E-state index contributed by atoms with van der Waals surface area (Å²) in [5.74, 6) is 0. The van der Waals surface area contributed by atoms with Gasteiger partial charge >= 0.3 is 0 Å². The third-order valence-electron chi connectivity index (χ3n) is 2.50. The van der Waals surface area contributed by atoms with Gasteiger partial charge in [0.15, 0.2) is 0 Å². The number of allylic oxidation sites excluding steroid dienone is 1. The van der Waals surface area contributed by atoms with Crippen LogP contribution in [0.15, 0.2) is 35.3 Å². The van der Waals surface area contributed by atoms with E-state index in [2.05, 4.69) is 35.2 Å². The Balaban J connectivity index is 2.37. The van der Waals surface area contributed by atoms with Gasteiger partial charge in [-0.05, 0) is 24.3 Å². The number of fused-ring (bicyclic) bond motifs is 1. The van der Waals surface area contributed by atoms with Crippen LogP contribution in [-0.2, 0) is 0 Å². The maximum atomic E-state index is 3.31. The first-order valence-corrected chi connectivity index (χ1v) is 4.66. The van der Waals surface area contributed by atoms with Crippen molar-refractivity contribution in [2.24, 2.45) is 0 Å². The average Bonchev–Trinajstić information content (AvgIpc) is 2.63. The predicted molar refractivity (Wildman–Crippen MR) is 53.7 cm³/mol. The topological polar surface area (TPSA) is 36.1 Å². The lowest BCUT2D eigenvalue weighted by Gasteiger charge is -2.25. The first-order valence-electron chi connectivity index (χ1n) is 4.66. The Bertz CT molecular complexity index is 299. The Kier molecular flexibility index (Phi) is 2.00. The van der Waals surface area contributed by atoms with Crippen molar-refractivity contribution in [3.8, 4) is 0 Å². The van der Waals surface area contributed by atoms with Gasteiger partial charge in [0, 0.05) is 24.5 Å². The standard InChI is InChI=1S/C10H15N3/c1-3-7-6-13-10-8(4-5-12-10)9(7)11-2/h4-6,10-13H,3H2,1-2H3. The van der Waals surface area contributed by atoms with E-state index in [1.807, 2.05) is 13.2 Å². The van der Waals surface area contributed by atoms with Gasteiger partial charge in [-0.2, -0.15) is 0 Å². The van der Waals surface area contributed by atoms with Crippen molar-refractivity contribution in [2.45, 2.75) is 19.5 Å². The molecule has 0 aromatic carbocycles. The SMILES string of the molecule is CCC1=CNC2NC=CC2=C1NC. The lowest BCUT2D eigenvalue weighted by molar-refractivity contribution is 0.612. The summed E-state index contributed by atoms with van der Waals surface area (Å²) in [5.41, 5.74) is 3.90. The molecule has 0 aromatic heterocycles. The van der Waals surface area contributed by atoms with Crippen LogP contribution in [0.5, 0.6) is 0 Å². The summed E-state index contributed by atoms with van der Waals surface area (Å²) in [6, 6.07) is 0. The Labute approximate surface area is 78.6 Å². The van der Waals surface area contributed by atoms with Crippen molar-refractivity contribution in [3.63, 3.8) is 0 Å². The smallest absolute Gasteiger partial charge is 0.124 e. The molecule has 0 aromatic rings. The highest BCUT2D eigenvalue weighted by Gasteiger charge is 2.22. The van der Waals surface area contributed by atoms with Crippen molar-refractivity contribution in [1.29, 1.82) is 0 Å². The number of hydrogen-bond acceptors (Lipinski definition) is 3. The van der Waals surface area contributed by atoms with Crippen molar-refractivity contribution < 1.29 is 0 Å². The Hall–Kier alpha value is -1.38. The van der Waals surface area contributed by atoms with Crippen molar-refractivity contribution in [3.05, 3.63) is 35.3 Å². The number of nitrogens with one attached hydrogen (secondary N) is 3. The summed E-state index contributed by atoms with van der Waals surface area (Å²) >= 11 is 0. The molecule has 3 heteroatoms. The van der Waals surface area contributed by atoms with E-state index in [1.165, 1.54) is 16.8 Å². The molecule has 2 aliphatic rings. The zero-order valence-electron chi connectivity index (χ0n) is 8.02. The van der Waals surface area contributed by atoms with Crippen LogP contribution in [0.4, 0.5) is 0 Å². The van der Waals surface area contributed by atoms with E-state index in [0.29, 0.717) is 0 Å². The van der Waals surface area contributed by atoms with E-state index in [4.69, 9.17) is 0 Å². The molecule has 0 fully saturated rings. The molecule has 2 aliphatic heterocycles. The van der Waals surface area contributed by atoms with Crippen LogP contribution < -0.4 is 16.0 Å². The fourth-order valence-corrected chi connectivity index (χ4v) is 1.81. The Morgan fingerprint density at radius 1 is 1.46 bits per heavy atom. The van der Waals surface area contributed by atoms with E-state index in [0.717, 1.165) is 6.42 Å². The molecule has 3 N–H and O–H groups in total. The summed E-state index contributed by atoms with van der Waals surface area (Å²) in [6.07, 6.45) is 7.49. The van der Waals surface area contributed by atoms with Crippen molar-refractivity contribution >= 4 is 0 Å². The lowest BCUT2D eigenvalue weighted by Crippen LogP contribution is -2.39. The zero-order chi connectivity index (χ0) is 9.26. The second-order valence-corrected chi connectivity index (χ2v) is 3.20. The minimum absolute atomic E-state index is 0.262. The zero-order valence-corrected chi connectivity index (χ0v) is 8.02. The minimum Gasteiger partial charge on any atom is -0.388 e. The molecule has 0 radical (unpaired) electrons. The van der Waals surface area contributed by atoms with Crippen LogP contribution in [0.25, 0.3) is 0 Å². The highest BCUT2D eigenvalue weighted by Crippen LogP contribution is 2.23. The minimum atomic E-state index is 0.262. The van der Waals surface area contributed by atoms with Gasteiger partial charge < -0.3 is 16.0 Å². The molecule has 3 nitrogen and oxygen atoms in total. The summed E-state index contributed by atoms with van der Waals surface area (Å²) in [7, 11) is 1.97. The predicted octanol–water partition coefficient (Wildman–Crippen LogP) is 0.800. The van der Waals surface area contributed by atoms with E-state index in [-0.39, 0.29) is 6.17 Å². The van der Waals surface area contributed by atoms with Crippen LogP contribution in [0.3, 0.4) is 0 Å². The maximum absolute atomic E-state index is 3.31. The van der Waals surface area contributed by atoms with E-state index < -0.39 is 0 Å². The van der Waals surface area contributed by atoms with Crippen LogP contribution in [0.2, 0.25) is 0 Å². The van der Waals surface area contributed by atoms with Gasteiger partial charge in [-0.25, -0.2) is 0 Å². The number of hydrogen-bond donors (Lipinski definition) is 3. The first-order chi connectivity index (χ1) is 6.36. The van der Waals surface area contributed by atoms with E-state index in [9.17, 15) is 0 Å². The largest absolute Gasteiger partial charge is 0.388 e. The average molecular weight is 177 g/mol. The Morgan fingerprint density at radius 3 is 3.00 bits per heavy atom. The van der Waals surface area contributed by atoms with Gasteiger partial charge in [0.25, 0.3) is 0 Å². The molecule has 13 heavy (non-hydrogen) atoms. The fraction of sp³-hybridized carbons (Fsp3) is 0.400. The summed E-state index contributed by atoms with van der Waals surface area (Å²) in [5, 5.41) is 9.80. The van der Waals surface area contributed by atoms with Gasteiger partial charge in [0.05, 0.1) is 0 Å². The van der Waals surface area contributed by atoms with E-state index in [1.54, 1.807) is 0 Å². The molecule has 0 bridgehead atoms. The van der Waals surface area contributed by atoms with Crippen molar-refractivity contribution in [2.75, 3.05) is 7.05 Å². The normalized spacial score (nSPS) is 24.8. The summed E-state index contributed by atoms with van der Waals surface area (Å²) in [4.78, 5) is 0. The maximum Gasteiger partial charge on any atom is 0.124 e. The van der Waals surface area contributed by atoms with Crippen LogP contribution >= 0.6 is 0 Å². The molecule has 70 valence electrons. The molecular formula is C10H15N3. The first kappa shape index (κ1) is 8.23. The number of likely N-dealkylation sites (N-methyl/N-ethyl adjacent to an activating group) is 1. The molecule has 0 spiro atoms. The third-order valence-corrected chi connectivity index (χ3v) is 2.50. The van der Waals surface area contributed by atoms with Crippen LogP contribution in [0, 0.1) is 0 Å². The number of dihydropyridines is 1. The van der Waals surface area contributed by atoms with Gasteiger partial charge in [0.2, 0.25) is 0 Å². The third kappa shape index (κ3) is 1.20. The molecule has 0 saturated carbocycles. The summed E-state index contributed by atoms with van der Waals surface area (Å²) in [6.45, 7) is 2.16. The molecule has 0 saturated heterocycles. The quantitative estimate of drug-likeness (QED) is 0.584. The monoisotopic (exact) mass is 177 g/mol. The van der Waals surface area contributed by atoms with E-state index >= 15 is 0 Å². The highest BCUT2D eigenvalue weighted by atomic mass is 15.1. The molecule has 2 rings (SSSR count). The highest BCUT2D eigenvalue weighted by molar-refractivity contribution is 5.46. The van der Waals surface area contributed by atoms with Gasteiger partial charge in [-0.15, -0.1) is 0 Å². The Morgan fingerprint density at radius 2 is 2.31 bits per heavy atom. The van der Waals surface area contributed by atoms with Gasteiger partial charge in [0.1, 0.15) is 6.17 Å². The van der Waals surface area contributed by atoms with Gasteiger partial charge in [-0.3, -0.25) is 0 Å². The summed E-state index contributed by atoms with van der Waals surface area (Å²) < 4.78 is 0. The van der Waals surface area contributed by atoms with Gasteiger partial charge in [-0.1, -0.05) is 6.92 Å². The van der Waals surface area contributed by atoms with Crippen LogP contribution in [0.1, 0.15) is 13.3 Å². The second-order valence-electron chi connectivity index (χ2n) is 3.20. The lowest BCUT2D eigenvalue weighted by atomic mass is 10.0.